The topological polar surface area (TPSA) is 71.3 Å². The summed E-state index contributed by atoms with van der Waals surface area (Å²) in [6.45, 7) is 0.181. The lowest BCUT2D eigenvalue weighted by Crippen LogP contribution is -2.14. The maximum Gasteiger partial charge on any atom is 0.266 e. The van der Waals surface area contributed by atoms with Crippen LogP contribution in [0.2, 0.25) is 0 Å². The van der Waals surface area contributed by atoms with Gasteiger partial charge in [0, 0.05) is 3.57 Å². The number of fused-ring (bicyclic) bond motifs is 1. The van der Waals surface area contributed by atoms with Crippen molar-refractivity contribution in [3.63, 3.8) is 0 Å². The Kier molecular flexibility index (Phi) is 4.48. The van der Waals surface area contributed by atoms with E-state index in [1.807, 2.05) is 24.3 Å². The minimum atomic E-state index is -0.450. The van der Waals surface area contributed by atoms with Crippen LogP contribution >= 0.6 is 22.6 Å². The first kappa shape index (κ1) is 15.4. The number of hydrogen-bond acceptors (Lipinski definition) is 4. The highest BCUT2D eigenvalue weighted by atomic mass is 127. The number of nitriles is 1. The van der Waals surface area contributed by atoms with Crippen LogP contribution < -0.4 is 14.8 Å². The summed E-state index contributed by atoms with van der Waals surface area (Å²) in [6.07, 6.45) is 1.52. The molecule has 23 heavy (non-hydrogen) atoms. The number of nitrogens with zero attached hydrogens (tertiary/aromatic N) is 1. The fourth-order valence-corrected chi connectivity index (χ4v) is 2.59. The molecular weight excluding hydrogens is 407 g/mol. The smallest absolute Gasteiger partial charge is 0.266 e. The number of amides is 1. The second-order valence-electron chi connectivity index (χ2n) is 4.72. The summed E-state index contributed by atoms with van der Waals surface area (Å²) in [5.74, 6) is 0.812. The van der Waals surface area contributed by atoms with E-state index in [0.717, 1.165) is 3.57 Å². The van der Waals surface area contributed by atoms with Crippen LogP contribution in [-0.2, 0) is 4.79 Å². The normalized spacial score (nSPS) is 12.6. The molecule has 6 heteroatoms. The van der Waals surface area contributed by atoms with E-state index in [0.29, 0.717) is 22.7 Å². The fourth-order valence-electron chi connectivity index (χ4n) is 2.07. The molecule has 0 spiro atoms. The molecule has 0 fully saturated rings. The number of para-hydroxylation sites is 1. The Morgan fingerprint density at radius 3 is 2.78 bits per heavy atom. The first-order valence-electron chi connectivity index (χ1n) is 6.75. The van der Waals surface area contributed by atoms with Crippen molar-refractivity contribution in [2.45, 2.75) is 0 Å². The van der Waals surface area contributed by atoms with Gasteiger partial charge >= 0.3 is 0 Å². The molecule has 0 radical (unpaired) electrons. The van der Waals surface area contributed by atoms with Crippen LogP contribution in [0, 0.1) is 14.9 Å². The Balaban J connectivity index is 1.83. The van der Waals surface area contributed by atoms with Gasteiger partial charge in [0.1, 0.15) is 11.6 Å². The lowest BCUT2D eigenvalue weighted by molar-refractivity contribution is -0.112. The van der Waals surface area contributed by atoms with Crippen LogP contribution in [0.25, 0.3) is 6.08 Å². The van der Waals surface area contributed by atoms with Gasteiger partial charge in [0.05, 0.1) is 5.69 Å². The Hall–Kier alpha value is -2.53. The van der Waals surface area contributed by atoms with Crippen molar-refractivity contribution in [3.05, 3.63) is 57.2 Å². The van der Waals surface area contributed by atoms with Gasteiger partial charge in [-0.2, -0.15) is 5.26 Å². The van der Waals surface area contributed by atoms with E-state index in [9.17, 15) is 10.1 Å². The number of ether oxygens (including phenoxy) is 2. The molecule has 5 nitrogen and oxygen atoms in total. The van der Waals surface area contributed by atoms with E-state index in [1.165, 1.54) is 6.08 Å². The van der Waals surface area contributed by atoms with Crippen LogP contribution in [0.15, 0.2) is 48.0 Å². The number of nitrogens with one attached hydrogen (secondary N) is 1. The first-order chi connectivity index (χ1) is 11.2. The van der Waals surface area contributed by atoms with E-state index >= 15 is 0 Å². The Bertz CT molecular complexity index is 840. The molecule has 2 aromatic rings. The Labute approximate surface area is 146 Å². The number of anilines is 1. The van der Waals surface area contributed by atoms with Crippen molar-refractivity contribution < 1.29 is 14.3 Å². The van der Waals surface area contributed by atoms with Crippen LogP contribution in [0.4, 0.5) is 5.69 Å². The molecule has 0 unspecified atom stereocenters. The molecule has 1 N–H and O–H groups in total. The summed E-state index contributed by atoms with van der Waals surface area (Å²) in [5, 5.41) is 12.0. The summed E-state index contributed by atoms with van der Waals surface area (Å²) in [6, 6.07) is 14.6. The second-order valence-corrected chi connectivity index (χ2v) is 5.88. The minimum Gasteiger partial charge on any atom is -0.454 e. The third kappa shape index (κ3) is 3.46. The average molecular weight is 418 g/mol. The average Bonchev–Trinajstić information content (AvgIpc) is 3.02. The van der Waals surface area contributed by atoms with Crippen molar-refractivity contribution >= 4 is 40.3 Å². The molecule has 0 aliphatic carbocycles. The molecular formula is C17H11IN2O3. The molecule has 0 atom stereocenters. The lowest BCUT2D eigenvalue weighted by atomic mass is 10.1. The number of benzene rings is 2. The van der Waals surface area contributed by atoms with Gasteiger partial charge in [-0.05, 0) is 58.5 Å². The van der Waals surface area contributed by atoms with Crippen LogP contribution in [0.3, 0.4) is 0 Å². The van der Waals surface area contributed by atoms with Crippen molar-refractivity contribution in [1.82, 2.24) is 0 Å². The quantitative estimate of drug-likeness (QED) is 0.470. The second kappa shape index (κ2) is 6.71. The van der Waals surface area contributed by atoms with Crippen molar-refractivity contribution in [2.24, 2.45) is 0 Å². The molecule has 2 aromatic carbocycles. The molecule has 1 amide bonds. The van der Waals surface area contributed by atoms with Gasteiger partial charge in [-0.25, -0.2) is 0 Å². The molecule has 0 saturated heterocycles. The molecule has 1 heterocycles. The fraction of sp³-hybridized carbons (Fsp3) is 0.0588. The summed E-state index contributed by atoms with van der Waals surface area (Å²) < 4.78 is 11.4. The monoisotopic (exact) mass is 418 g/mol. The predicted octanol–water partition coefficient (Wildman–Crippen LogP) is 3.57. The first-order valence-corrected chi connectivity index (χ1v) is 7.82. The lowest BCUT2D eigenvalue weighted by Gasteiger charge is -2.06. The van der Waals surface area contributed by atoms with Gasteiger partial charge < -0.3 is 14.8 Å². The Morgan fingerprint density at radius 2 is 2.00 bits per heavy atom. The molecule has 0 aromatic heterocycles. The molecule has 0 bridgehead atoms. The van der Waals surface area contributed by atoms with Crippen molar-refractivity contribution in [3.8, 4) is 17.6 Å². The zero-order valence-electron chi connectivity index (χ0n) is 11.9. The summed E-state index contributed by atoms with van der Waals surface area (Å²) >= 11 is 2.13. The van der Waals surface area contributed by atoms with E-state index in [2.05, 4.69) is 27.9 Å². The third-order valence-corrected chi connectivity index (χ3v) is 4.14. The van der Waals surface area contributed by atoms with Crippen LogP contribution in [0.1, 0.15) is 5.56 Å². The van der Waals surface area contributed by atoms with E-state index < -0.39 is 5.91 Å². The number of carbonyl (C=O) groups is 1. The summed E-state index contributed by atoms with van der Waals surface area (Å²) in [5.41, 5.74) is 1.39. The van der Waals surface area contributed by atoms with Gasteiger partial charge in [-0.15, -0.1) is 0 Å². The van der Waals surface area contributed by atoms with Gasteiger partial charge in [-0.3, -0.25) is 4.79 Å². The van der Waals surface area contributed by atoms with E-state index in [1.54, 1.807) is 24.3 Å². The highest BCUT2D eigenvalue weighted by Gasteiger charge is 2.15. The highest BCUT2D eigenvalue weighted by molar-refractivity contribution is 14.1. The van der Waals surface area contributed by atoms with Gasteiger partial charge in [0.2, 0.25) is 6.79 Å². The third-order valence-electron chi connectivity index (χ3n) is 3.19. The number of halogens is 1. The SMILES string of the molecule is N#CC(=Cc1ccc2c(c1)OCO2)C(=O)Nc1ccccc1I. The van der Waals surface area contributed by atoms with Gasteiger partial charge in [0.25, 0.3) is 5.91 Å². The standard InChI is InChI=1S/C17H11IN2O3/c18-13-3-1-2-4-14(13)20-17(21)12(9-19)7-11-5-6-15-16(8-11)23-10-22-15/h1-8H,10H2,(H,20,21). The van der Waals surface area contributed by atoms with Crippen molar-refractivity contribution in [1.29, 1.82) is 5.26 Å². The molecule has 1 aliphatic heterocycles. The molecule has 114 valence electrons. The van der Waals surface area contributed by atoms with E-state index in [-0.39, 0.29) is 12.4 Å². The molecule has 3 rings (SSSR count). The zero-order chi connectivity index (χ0) is 16.2. The van der Waals surface area contributed by atoms with Crippen LogP contribution in [-0.4, -0.2) is 12.7 Å². The highest BCUT2D eigenvalue weighted by Crippen LogP contribution is 2.33. The molecule has 0 saturated carbocycles. The van der Waals surface area contributed by atoms with E-state index in [4.69, 9.17) is 9.47 Å². The minimum absolute atomic E-state index is 0.0171. The largest absolute Gasteiger partial charge is 0.454 e. The van der Waals surface area contributed by atoms with Crippen molar-refractivity contribution in [2.75, 3.05) is 12.1 Å². The zero-order valence-corrected chi connectivity index (χ0v) is 14.0. The van der Waals surface area contributed by atoms with Gasteiger partial charge in [0.15, 0.2) is 11.5 Å². The summed E-state index contributed by atoms with van der Waals surface area (Å²) in [7, 11) is 0. The van der Waals surface area contributed by atoms with Crippen LogP contribution in [0.5, 0.6) is 11.5 Å². The molecule has 1 aliphatic rings. The maximum atomic E-state index is 12.3. The van der Waals surface area contributed by atoms with Gasteiger partial charge in [-0.1, -0.05) is 18.2 Å². The maximum absolute atomic E-state index is 12.3. The Morgan fingerprint density at radius 1 is 1.22 bits per heavy atom. The number of carbonyl (C=O) groups excluding carboxylic acids is 1. The number of rotatable bonds is 3. The number of hydrogen-bond donors (Lipinski definition) is 1. The summed E-state index contributed by atoms with van der Waals surface area (Å²) in [4.78, 5) is 12.3. The predicted molar refractivity (Wildman–Crippen MR) is 93.9 cm³/mol.